The van der Waals surface area contributed by atoms with Gasteiger partial charge in [0.25, 0.3) is 0 Å². The predicted octanol–water partition coefficient (Wildman–Crippen LogP) is 8.44. The van der Waals surface area contributed by atoms with E-state index >= 15 is 4.39 Å². The second-order valence-corrected chi connectivity index (χ2v) is 10.6. The fraction of sp³-hybridized carbons (Fsp3) is 0.385. The topological polar surface area (TPSA) is 72.2 Å². The molecule has 2 aromatic rings. The van der Waals surface area contributed by atoms with Crippen molar-refractivity contribution in [2.24, 2.45) is 11.7 Å². The van der Waals surface area contributed by atoms with Crippen LogP contribution in [-0.4, -0.2) is 24.5 Å². The van der Waals surface area contributed by atoms with Crippen molar-refractivity contribution in [3.8, 4) is 0 Å². The highest BCUT2D eigenvalue weighted by Crippen LogP contribution is 2.45. The number of nitrogens with one attached hydrogen (secondary N) is 1. The zero-order chi connectivity index (χ0) is 30.2. The van der Waals surface area contributed by atoms with Crippen LogP contribution in [0.1, 0.15) is 70.6 Å². The van der Waals surface area contributed by atoms with E-state index in [4.69, 9.17) is 40.5 Å². The molecule has 0 aliphatic heterocycles. The minimum Gasteiger partial charge on any atom is -0.366 e. The van der Waals surface area contributed by atoms with Crippen LogP contribution in [0.5, 0.6) is 0 Å². The number of carbonyl (C=O) groups is 2. The minimum atomic E-state index is -5.32. The third kappa shape index (κ3) is 7.41. The van der Waals surface area contributed by atoms with Crippen LogP contribution in [0.2, 0.25) is 15.1 Å². The summed E-state index contributed by atoms with van der Waals surface area (Å²) in [4.78, 5) is 24.7. The van der Waals surface area contributed by atoms with E-state index in [0.29, 0.717) is 24.5 Å². The Kier molecular flexibility index (Phi) is 9.74. The maximum atomic E-state index is 15.7. The van der Waals surface area contributed by atoms with Gasteiger partial charge in [-0.2, -0.15) is 26.3 Å². The number of allylic oxidation sites excluding steroid dienone is 1. The Balaban J connectivity index is 2.21. The van der Waals surface area contributed by atoms with Gasteiger partial charge in [-0.25, -0.2) is 4.39 Å². The first-order chi connectivity index (χ1) is 18.4. The molecule has 1 saturated carbocycles. The molecular weight excluding hydrogens is 612 g/mol. The number of benzene rings is 2. The highest BCUT2D eigenvalue weighted by atomic mass is 35.5. The lowest BCUT2D eigenvalue weighted by Crippen LogP contribution is -2.32. The Hall–Kier alpha value is -2.50. The summed E-state index contributed by atoms with van der Waals surface area (Å²) >= 11 is 17.5. The van der Waals surface area contributed by atoms with Gasteiger partial charge in [-0.15, -0.1) is 0 Å². The number of hydrogen-bond acceptors (Lipinski definition) is 2. The SMILES string of the molecule is C[C@@H](C(=O)NCCC1CC1)c1c(/C(F)=C/C(c2cc(Cl)c(Cl)c(Cl)c2)C(F)(F)F)ccc(C(N)=O)c1C(F)(F)F. The van der Waals surface area contributed by atoms with E-state index < -0.39 is 69.6 Å². The molecule has 1 aliphatic carbocycles. The van der Waals surface area contributed by atoms with E-state index in [1.54, 1.807) is 0 Å². The van der Waals surface area contributed by atoms with Gasteiger partial charge in [0.05, 0.1) is 32.1 Å². The summed E-state index contributed by atoms with van der Waals surface area (Å²) in [5.74, 6) is -8.27. The van der Waals surface area contributed by atoms with E-state index in [1.807, 2.05) is 0 Å². The van der Waals surface area contributed by atoms with E-state index in [2.05, 4.69) is 5.32 Å². The molecule has 0 aromatic heterocycles. The Morgan fingerprint density at radius 2 is 1.60 bits per heavy atom. The summed E-state index contributed by atoms with van der Waals surface area (Å²) in [6, 6.07) is 2.82. The van der Waals surface area contributed by atoms with Crippen molar-refractivity contribution in [3.63, 3.8) is 0 Å². The maximum absolute atomic E-state index is 15.7. The molecule has 2 amide bonds. The molecule has 0 saturated heterocycles. The largest absolute Gasteiger partial charge is 0.417 e. The summed E-state index contributed by atoms with van der Waals surface area (Å²) in [6.45, 7) is 1.16. The lowest BCUT2D eigenvalue weighted by Gasteiger charge is -2.24. The molecular formula is C26H22Cl3F7N2O2. The monoisotopic (exact) mass is 632 g/mol. The average molecular weight is 634 g/mol. The van der Waals surface area contributed by atoms with Gasteiger partial charge in [0, 0.05) is 12.1 Å². The first-order valence-corrected chi connectivity index (χ1v) is 13.0. The van der Waals surface area contributed by atoms with E-state index in [1.165, 1.54) is 0 Å². The number of nitrogens with two attached hydrogens (primary N) is 1. The van der Waals surface area contributed by atoms with Crippen molar-refractivity contribution in [2.75, 3.05) is 6.54 Å². The molecule has 1 aliphatic rings. The van der Waals surface area contributed by atoms with Gasteiger partial charge in [-0.1, -0.05) is 53.7 Å². The number of alkyl halides is 6. The molecule has 218 valence electrons. The zero-order valence-corrected chi connectivity index (χ0v) is 22.9. The van der Waals surface area contributed by atoms with Gasteiger partial charge in [0.15, 0.2) is 0 Å². The first kappa shape index (κ1) is 32.0. The third-order valence-corrected chi connectivity index (χ3v) is 7.65. The number of amides is 2. The molecule has 1 fully saturated rings. The Morgan fingerprint density at radius 1 is 1.05 bits per heavy atom. The van der Waals surface area contributed by atoms with Crippen LogP contribution >= 0.6 is 34.8 Å². The van der Waals surface area contributed by atoms with Crippen LogP contribution in [0.25, 0.3) is 5.83 Å². The second kappa shape index (κ2) is 12.2. The molecule has 0 heterocycles. The lowest BCUT2D eigenvalue weighted by molar-refractivity contribution is -0.140. The van der Waals surface area contributed by atoms with Crippen LogP contribution in [0.4, 0.5) is 30.7 Å². The van der Waals surface area contributed by atoms with Crippen molar-refractivity contribution >= 4 is 52.4 Å². The van der Waals surface area contributed by atoms with Crippen LogP contribution in [0.3, 0.4) is 0 Å². The summed E-state index contributed by atoms with van der Waals surface area (Å²) in [7, 11) is 0. The van der Waals surface area contributed by atoms with Crippen molar-refractivity contribution in [1.29, 1.82) is 0 Å². The van der Waals surface area contributed by atoms with Crippen molar-refractivity contribution < 1.29 is 40.3 Å². The molecule has 2 atom stereocenters. The molecule has 40 heavy (non-hydrogen) atoms. The normalized spacial score (nSPS) is 16.0. The Labute approximate surface area is 239 Å². The number of primary amides is 1. The molecule has 2 aromatic carbocycles. The molecule has 0 bridgehead atoms. The van der Waals surface area contributed by atoms with Crippen molar-refractivity contribution in [1.82, 2.24) is 5.32 Å². The lowest BCUT2D eigenvalue weighted by atomic mass is 9.85. The summed E-state index contributed by atoms with van der Waals surface area (Å²) < 4.78 is 101. The first-order valence-electron chi connectivity index (χ1n) is 11.8. The number of hydrogen-bond donors (Lipinski definition) is 2. The van der Waals surface area contributed by atoms with Crippen LogP contribution < -0.4 is 11.1 Å². The van der Waals surface area contributed by atoms with E-state index in [9.17, 15) is 35.9 Å². The van der Waals surface area contributed by atoms with Crippen LogP contribution in [0.15, 0.2) is 30.3 Å². The highest BCUT2D eigenvalue weighted by Gasteiger charge is 2.43. The van der Waals surface area contributed by atoms with Gasteiger partial charge in [0.2, 0.25) is 11.8 Å². The molecule has 4 nitrogen and oxygen atoms in total. The van der Waals surface area contributed by atoms with Crippen molar-refractivity contribution in [3.05, 3.63) is 73.2 Å². The van der Waals surface area contributed by atoms with Gasteiger partial charge >= 0.3 is 12.4 Å². The Morgan fingerprint density at radius 3 is 2.08 bits per heavy atom. The smallest absolute Gasteiger partial charge is 0.366 e. The predicted molar refractivity (Wildman–Crippen MR) is 138 cm³/mol. The summed E-state index contributed by atoms with van der Waals surface area (Å²) in [6.07, 6.45) is -7.95. The number of carbonyl (C=O) groups excluding carboxylic acids is 2. The molecule has 3 rings (SSSR count). The molecule has 0 radical (unpaired) electrons. The minimum absolute atomic E-state index is 0.0382. The molecule has 14 heteroatoms. The van der Waals surface area contributed by atoms with Crippen LogP contribution in [0, 0.1) is 5.92 Å². The number of rotatable bonds is 9. The maximum Gasteiger partial charge on any atom is 0.417 e. The fourth-order valence-electron chi connectivity index (χ4n) is 4.25. The quantitative estimate of drug-likeness (QED) is 0.215. The van der Waals surface area contributed by atoms with Gasteiger partial charge < -0.3 is 11.1 Å². The summed E-state index contributed by atoms with van der Waals surface area (Å²) in [5.41, 5.74) is -0.302. The van der Waals surface area contributed by atoms with Gasteiger partial charge in [-0.05, 0) is 54.7 Å². The van der Waals surface area contributed by atoms with Gasteiger partial charge in [-0.3, -0.25) is 9.59 Å². The third-order valence-electron chi connectivity index (χ3n) is 6.46. The standard InChI is InChI=1S/C26H22Cl3F7N2O2/c1-11(24(40)38-7-6-12-2-3-12)20-14(4-5-15(23(37)39)21(20)26(34,35)36)19(30)10-16(25(31,32)33)13-8-17(27)22(29)18(28)9-13/h4-5,8-12,16H,2-3,6-7H2,1H3,(H2,37,39)(H,38,40)/b19-10-/t11-,16?/m1/s1. The van der Waals surface area contributed by atoms with E-state index in [-0.39, 0.29) is 27.7 Å². The fourth-order valence-corrected chi connectivity index (χ4v) is 4.86. The average Bonchev–Trinajstić information content (AvgIpc) is 3.67. The van der Waals surface area contributed by atoms with E-state index in [0.717, 1.165) is 31.9 Å². The molecule has 1 unspecified atom stereocenters. The highest BCUT2D eigenvalue weighted by molar-refractivity contribution is 6.48. The summed E-state index contributed by atoms with van der Waals surface area (Å²) in [5, 5.41) is 1.48. The number of halogens is 10. The van der Waals surface area contributed by atoms with Crippen LogP contribution in [-0.2, 0) is 11.0 Å². The van der Waals surface area contributed by atoms with Crippen molar-refractivity contribution in [2.45, 2.75) is 50.4 Å². The zero-order valence-electron chi connectivity index (χ0n) is 20.6. The second-order valence-electron chi connectivity index (χ2n) is 9.39. The van der Waals surface area contributed by atoms with Gasteiger partial charge in [0.1, 0.15) is 11.7 Å². The molecule has 0 spiro atoms. The molecule has 3 N–H and O–H groups in total. The Bertz CT molecular complexity index is 1320.